The zero-order valence-electron chi connectivity index (χ0n) is 14.2. The summed E-state index contributed by atoms with van der Waals surface area (Å²) in [4.78, 5) is 34.1. The standard InChI is InChI=1S/C16H17N3O6/c1-9-13(11-5-7-12(8-6-11)19(22)23)14(15(20)24-3)10(2)18(9)17-16(21)25-4/h5-8H,1-4H3,(H,17,21). The van der Waals surface area contributed by atoms with Crippen LogP contribution in [0.15, 0.2) is 24.3 Å². The Labute approximate surface area is 143 Å². The van der Waals surface area contributed by atoms with Crippen molar-refractivity contribution in [2.24, 2.45) is 0 Å². The summed E-state index contributed by atoms with van der Waals surface area (Å²) in [7, 11) is 2.48. The number of carbonyl (C=O) groups is 2. The summed E-state index contributed by atoms with van der Waals surface area (Å²) < 4.78 is 10.8. The molecule has 0 radical (unpaired) electrons. The average Bonchev–Trinajstić information content (AvgIpc) is 2.85. The van der Waals surface area contributed by atoms with Crippen LogP contribution >= 0.6 is 0 Å². The minimum atomic E-state index is -0.701. The molecule has 0 spiro atoms. The third-order valence-corrected chi connectivity index (χ3v) is 3.79. The van der Waals surface area contributed by atoms with E-state index >= 15 is 0 Å². The van der Waals surface area contributed by atoms with Crippen LogP contribution in [0, 0.1) is 24.0 Å². The van der Waals surface area contributed by atoms with E-state index in [1.807, 2.05) is 0 Å². The summed E-state index contributed by atoms with van der Waals surface area (Å²) in [6.45, 7) is 3.34. The molecule has 9 nitrogen and oxygen atoms in total. The number of nitrogens with zero attached hydrogens (tertiary/aromatic N) is 2. The van der Waals surface area contributed by atoms with Gasteiger partial charge in [0.1, 0.15) is 0 Å². The van der Waals surface area contributed by atoms with Crippen molar-refractivity contribution < 1.29 is 24.0 Å². The molecular formula is C16H17N3O6. The van der Waals surface area contributed by atoms with Crippen LogP contribution in [0.2, 0.25) is 0 Å². The highest BCUT2D eigenvalue weighted by Crippen LogP contribution is 2.33. The molecule has 1 amide bonds. The van der Waals surface area contributed by atoms with Gasteiger partial charge in [0.2, 0.25) is 0 Å². The molecule has 0 unspecified atom stereocenters. The van der Waals surface area contributed by atoms with Crippen LogP contribution in [-0.2, 0) is 9.47 Å². The second-order valence-electron chi connectivity index (χ2n) is 5.16. The Hall–Kier alpha value is -3.36. The number of nitro groups is 1. The summed E-state index contributed by atoms with van der Waals surface area (Å²) in [6.07, 6.45) is -0.701. The smallest absolute Gasteiger partial charge is 0.426 e. The average molecular weight is 347 g/mol. The second kappa shape index (κ2) is 7.04. The number of nitro benzene ring substituents is 1. The highest BCUT2D eigenvalue weighted by molar-refractivity contribution is 6.00. The SMILES string of the molecule is COC(=O)Nn1c(C)c(C(=O)OC)c(-c2ccc([N+](=O)[O-])cc2)c1C. The van der Waals surface area contributed by atoms with Crippen LogP contribution < -0.4 is 5.43 Å². The van der Waals surface area contributed by atoms with E-state index in [2.05, 4.69) is 10.2 Å². The lowest BCUT2D eigenvalue weighted by atomic mass is 10.0. The zero-order chi connectivity index (χ0) is 18.7. The predicted molar refractivity (Wildman–Crippen MR) is 89.1 cm³/mol. The van der Waals surface area contributed by atoms with Crippen LogP contribution in [0.5, 0.6) is 0 Å². The maximum atomic E-state index is 12.2. The number of hydrogen-bond acceptors (Lipinski definition) is 6. The van der Waals surface area contributed by atoms with Crippen molar-refractivity contribution in [1.29, 1.82) is 0 Å². The third-order valence-electron chi connectivity index (χ3n) is 3.79. The first-order valence-corrected chi connectivity index (χ1v) is 7.21. The van der Waals surface area contributed by atoms with Crippen molar-refractivity contribution in [2.45, 2.75) is 13.8 Å². The lowest BCUT2D eigenvalue weighted by molar-refractivity contribution is -0.384. The first-order valence-electron chi connectivity index (χ1n) is 7.21. The van der Waals surface area contributed by atoms with Crippen LogP contribution in [0.4, 0.5) is 10.5 Å². The van der Waals surface area contributed by atoms with Gasteiger partial charge in [-0.05, 0) is 31.5 Å². The van der Waals surface area contributed by atoms with Crippen molar-refractivity contribution in [3.05, 3.63) is 51.3 Å². The summed E-state index contributed by atoms with van der Waals surface area (Å²) in [5.41, 5.74) is 4.79. The molecule has 0 saturated heterocycles. The Morgan fingerprint density at radius 1 is 1.08 bits per heavy atom. The van der Waals surface area contributed by atoms with Gasteiger partial charge in [-0.3, -0.25) is 14.8 Å². The van der Waals surface area contributed by atoms with Crippen molar-refractivity contribution in [3.8, 4) is 11.1 Å². The van der Waals surface area contributed by atoms with E-state index in [1.165, 1.54) is 43.2 Å². The number of aromatic nitrogens is 1. The van der Waals surface area contributed by atoms with Crippen molar-refractivity contribution >= 4 is 17.7 Å². The molecule has 0 aliphatic rings. The first kappa shape index (κ1) is 18.0. The lowest BCUT2D eigenvalue weighted by Crippen LogP contribution is -2.24. The molecule has 0 fully saturated rings. The molecule has 1 N–H and O–H groups in total. The third kappa shape index (κ3) is 3.30. The van der Waals surface area contributed by atoms with E-state index in [0.29, 0.717) is 22.5 Å². The normalized spacial score (nSPS) is 10.2. The summed E-state index contributed by atoms with van der Waals surface area (Å²) in [5, 5.41) is 10.8. The fourth-order valence-electron chi connectivity index (χ4n) is 2.60. The van der Waals surface area contributed by atoms with Crippen molar-refractivity contribution in [1.82, 2.24) is 4.68 Å². The van der Waals surface area contributed by atoms with Gasteiger partial charge in [0.05, 0.1) is 30.4 Å². The number of nitrogens with one attached hydrogen (secondary N) is 1. The first-order chi connectivity index (χ1) is 11.8. The van der Waals surface area contributed by atoms with Crippen molar-refractivity contribution in [2.75, 3.05) is 19.6 Å². The number of benzene rings is 1. The number of rotatable bonds is 4. The van der Waals surface area contributed by atoms with Crippen molar-refractivity contribution in [3.63, 3.8) is 0 Å². The van der Waals surface area contributed by atoms with Gasteiger partial charge in [0, 0.05) is 23.4 Å². The molecule has 0 bridgehead atoms. The van der Waals surface area contributed by atoms with Crippen LogP contribution in [0.1, 0.15) is 21.7 Å². The molecule has 0 atom stereocenters. The predicted octanol–water partition coefficient (Wildman–Crippen LogP) is 2.78. The molecule has 1 aromatic heterocycles. The van der Waals surface area contributed by atoms with E-state index in [9.17, 15) is 19.7 Å². The molecule has 0 aliphatic carbocycles. The second-order valence-corrected chi connectivity index (χ2v) is 5.16. The number of methoxy groups -OCH3 is 2. The van der Waals surface area contributed by atoms with E-state index < -0.39 is 17.0 Å². The molecule has 1 aromatic carbocycles. The topological polar surface area (TPSA) is 113 Å². The quantitative estimate of drug-likeness (QED) is 0.517. The number of carbonyl (C=O) groups excluding carboxylic acids is 2. The lowest BCUT2D eigenvalue weighted by Gasteiger charge is -2.10. The number of ether oxygens (including phenoxy) is 2. The minimum Gasteiger partial charge on any atom is -0.465 e. The van der Waals surface area contributed by atoms with Gasteiger partial charge in [0.25, 0.3) is 5.69 Å². The summed E-state index contributed by atoms with van der Waals surface area (Å²) >= 11 is 0. The van der Waals surface area contributed by atoms with Gasteiger partial charge in [-0.1, -0.05) is 0 Å². The largest absolute Gasteiger partial charge is 0.465 e. The number of esters is 1. The van der Waals surface area contributed by atoms with E-state index in [4.69, 9.17) is 4.74 Å². The van der Waals surface area contributed by atoms with Crippen LogP contribution in [0.3, 0.4) is 0 Å². The minimum absolute atomic E-state index is 0.0649. The summed E-state index contributed by atoms with van der Waals surface area (Å²) in [5.74, 6) is -0.584. The van der Waals surface area contributed by atoms with Gasteiger partial charge in [0.15, 0.2) is 0 Å². The molecule has 2 rings (SSSR count). The van der Waals surface area contributed by atoms with Gasteiger partial charge in [-0.15, -0.1) is 0 Å². The summed E-state index contributed by atoms with van der Waals surface area (Å²) in [6, 6.07) is 5.76. The van der Waals surface area contributed by atoms with E-state index in [-0.39, 0.29) is 11.3 Å². The van der Waals surface area contributed by atoms with Gasteiger partial charge in [-0.2, -0.15) is 0 Å². The molecule has 0 aliphatic heterocycles. The van der Waals surface area contributed by atoms with Gasteiger partial charge >= 0.3 is 12.1 Å². The van der Waals surface area contributed by atoms with Crippen LogP contribution in [0.25, 0.3) is 11.1 Å². The Morgan fingerprint density at radius 2 is 1.68 bits per heavy atom. The molecule has 25 heavy (non-hydrogen) atoms. The molecule has 0 saturated carbocycles. The van der Waals surface area contributed by atoms with Crippen LogP contribution in [-0.4, -0.2) is 35.9 Å². The fraction of sp³-hybridized carbons (Fsp3) is 0.250. The van der Waals surface area contributed by atoms with E-state index in [0.717, 1.165) is 0 Å². The molecular weight excluding hydrogens is 330 g/mol. The zero-order valence-corrected chi connectivity index (χ0v) is 14.2. The number of hydrogen-bond donors (Lipinski definition) is 1. The Morgan fingerprint density at radius 3 is 2.16 bits per heavy atom. The molecule has 2 aromatic rings. The van der Waals surface area contributed by atoms with E-state index in [1.54, 1.807) is 13.8 Å². The Balaban J connectivity index is 2.66. The Kier molecular flexibility index (Phi) is 5.06. The number of amides is 1. The van der Waals surface area contributed by atoms with Gasteiger partial charge in [-0.25, -0.2) is 15.0 Å². The molecule has 132 valence electrons. The fourth-order valence-corrected chi connectivity index (χ4v) is 2.60. The highest BCUT2D eigenvalue weighted by atomic mass is 16.6. The molecule has 9 heteroatoms. The highest BCUT2D eigenvalue weighted by Gasteiger charge is 2.26. The van der Waals surface area contributed by atoms with Gasteiger partial charge < -0.3 is 9.47 Å². The monoisotopic (exact) mass is 347 g/mol. The molecule has 1 heterocycles. The maximum Gasteiger partial charge on any atom is 0.426 e. The number of non-ortho nitro benzene ring substituents is 1. The maximum absolute atomic E-state index is 12.2. The Bertz CT molecular complexity index is 839.